The second-order valence-electron chi connectivity index (χ2n) is 8.55. The largest absolute Gasteiger partial charge is 0.424 e. The normalized spacial score (nSPS) is 24.5. The van der Waals surface area contributed by atoms with Gasteiger partial charge in [0, 0.05) is 57.0 Å². The molecule has 0 radical (unpaired) electrons. The lowest BCUT2D eigenvalue weighted by molar-refractivity contribution is -0.272. The molecule has 1 heterocycles. The number of aliphatic hydroxyl groups is 1. The molecule has 2 fully saturated rings. The minimum atomic E-state index is -4.86. The molecule has 2 aliphatic carbocycles. The van der Waals surface area contributed by atoms with Crippen molar-refractivity contribution in [3.63, 3.8) is 0 Å². The molecule has 3 unspecified atom stereocenters. The number of alkyl halides is 3. The van der Waals surface area contributed by atoms with Gasteiger partial charge >= 0.3 is 6.18 Å². The quantitative estimate of drug-likeness (QED) is 0.252. The number of hydrogen-bond acceptors (Lipinski definition) is 4. The summed E-state index contributed by atoms with van der Waals surface area (Å²) >= 11 is 0. The molecule has 0 bridgehead atoms. The van der Waals surface area contributed by atoms with E-state index >= 15 is 0 Å². The first-order chi connectivity index (χ1) is 14.7. The number of rotatable bonds is 8. The molecule has 3 N–H and O–H groups in total. The zero-order valence-electron chi connectivity index (χ0n) is 18.9. The average molecular weight is 573 g/mol. The third-order valence-electron chi connectivity index (χ3n) is 6.75. The monoisotopic (exact) mass is 573 g/mol. The van der Waals surface area contributed by atoms with Gasteiger partial charge in [0.05, 0.1) is 6.10 Å². The smallest absolute Gasteiger partial charge is 0.378 e. The van der Waals surface area contributed by atoms with Crippen molar-refractivity contribution in [2.45, 2.75) is 76.3 Å². The highest BCUT2D eigenvalue weighted by molar-refractivity contribution is 14.0. The van der Waals surface area contributed by atoms with Crippen molar-refractivity contribution in [3.05, 3.63) is 18.2 Å². The van der Waals surface area contributed by atoms with Gasteiger partial charge in [-0.2, -0.15) is 13.2 Å². The van der Waals surface area contributed by atoms with Crippen LogP contribution in [0.3, 0.4) is 0 Å². The lowest BCUT2D eigenvalue weighted by Gasteiger charge is -2.54. The maximum absolute atomic E-state index is 13.7. The van der Waals surface area contributed by atoms with E-state index < -0.39 is 24.0 Å². The number of aromatic nitrogens is 2. The number of nitrogens with one attached hydrogen (secondary N) is 2. The van der Waals surface area contributed by atoms with Crippen LogP contribution in [0, 0.1) is 5.41 Å². The summed E-state index contributed by atoms with van der Waals surface area (Å²) in [6, 6.07) is 0.181. The van der Waals surface area contributed by atoms with E-state index in [0.29, 0.717) is 19.1 Å². The van der Waals surface area contributed by atoms with E-state index in [1.807, 2.05) is 13.8 Å². The van der Waals surface area contributed by atoms with Crippen molar-refractivity contribution in [2.75, 3.05) is 19.7 Å². The second kappa shape index (κ2) is 10.9. The van der Waals surface area contributed by atoms with Crippen molar-refractivity contribution < 1.29 is 23.0 Å². The number of aliphatic imine (C=N–C) groups is 1. The summed E-state index contributed by atoms with van der Waals surface area (Å²) in [6.45, 7) is 4.97. The number of aryl methyl sites for hydroxylation is 1. The first kappa shape index (κ1) is 27.2. The van der Waals surface area contributed by atoms with Crippen LogP contribution >= 0.6 is 24.0 Å². The first-order valence-corrected chi connectivity index (χ1v) is 11.1. The van der Waals surface area contributed by atoms with Gasteiger partial charge in [0.25, 0.3) is 0 Å². The summed E-state index contributed by atoms with van der Waals surface area (Å²) in [4.78, 5) is 8.09. The van der Waals surface area contributed by atoms with E-state index in [-0.39, 0.29) is 48.1 Å². The number of ether oxygens (including phenoxy) is 1. The number of nitrogens with zero attached hydrogens (tertiary/aromatic N) is 3. The van der Waals surface area contributed by atoms with Crippen molar-refractivity contribution in [1.29, 1.82) is 0 Å². The Balaban J connectivity index is 0.00000363. The van der Waals surface area contributed by atoms with Crippen molar-refractivity contribution >= 4 is 29.9 Å². The molecule has 2 saturated carbocycles. The summed E-state index contributed by atoms with van der Waals surface area (Å²) in [5, 5.41) is 17.0. The van der Waals surface area contributed by atoms with Crippen molar-refractivity contribution in [1.82, 2.24) is 20.2 Å². The van der Waals surface area contributed by atoms with E-state index in [1.165, 1.54) is 24.0 Å². The van der Waals surface area contributed by atoms with Gasteiger partial charge in [-0.3, -0.25) is 4.99 Å². The standard InChI is InChI=1S/C21H34F3N5O2.HI/c1-4-25-18(28-15-14-16(31-5-2)19(15)8-6-7-9-19)27-11-10-20(30,21(22,23)24)17-26-12-13-29(17)3;/h12-13,15-16,30H,4-11,14H2,1-3H3,(H2,25,27,28);1H. The highest BCUT2D eigenvalue weighted by atomic mass is 127. The van der Waals surface area contributed by atoms with Gasteiger partial charge in [-0.05, 0) is 33.1 Å². The zero-order chi connectivity index (χ0) is 22.7. The molecule has 32 heavy (non-hydrogen) atoms. The maximum Gasteiger partial charge on any atom is 0.424 e. The van der Waals surface area contributed by atoms with Gasteiger partial charge in [-0.15, -0.1) is 24.0 Å². The topological polar surface area (TPSA) is 83.7 Å². The lowest BCUT2D eigenvalue weighted by atomic mass is 9.60. The van der Waals surface area contributed by atoms with Crippen LogP contribution in [0.15, 0.2) is 17.4 Å². The minimum absolute atomic E-state index is 0. The molecule has 3 rings (SSSR count). The van der Waals surface area contributed by atoms with Crippen LogP contribution in [0.5, 0.6) is 0 Å². The number of guanidine groups is 1. The van der Waals surface area contributed by atoms with Crippen LogP contribution in [0.2, 0.25) is 0 Å². The van der Waals surface area contributed by atoms with Gasteiger partial charge < -0.3 is 25.0 Å². The number of halogens is 4. The van der Waals surface area contributed by atoms with Crippen LogP contribution in [0.4, 0.5) is 13.2 Å². The van der Waals surface area contributed by atoms with Gasteiger partial charge in [0.15, 0.2) is 5.96 Å². The summed E-state index contributed by atoms with van der Waals surface area (Å²) in [6.07, 6.45) is 2.73. The Bertz CT molecular complexity index is 767. The maximum atomic E-state index is 13.7. The van der Waals surface area contributed by atoms with Crippen LogP contribution in [0.25, 0.3) is 0 Å². The van der Waals surface area contributed by atoms with E-state index in [1.54, 1.807) is 0 Å². The first-order valence-electron chi connectivity index (χ1n) is 11.1. The van der Waals surface area contributed by atoms with Crippen LogP contribution in [0.1, 0.15) is 58.2 Å². The molecule has 1 spiro atoms. The Morgan fingerprint density at radius 2 is 2.03 bits per heavy atom. The predicted octanol–water partition coefficient (Wildman–Crippen LogP) is 3.47. The molecule has 2 aliphatic rings. The SMILES string of the molecule is CCNC(=NCCC(O)(c1nccn1C)C(F)(F)F)NC1CC(OCC)C12CCCC2.I. The predicted molar refractivity (Wildman–Crippen MR) is 127 cm³/mol. The molecule has 11 heteroatoms. The minimum Gasteiger partial charge on any atom is -0.378 e. The Morgan fingerprint density at radius 3 is 2.56 bits per heavy atom. The average Bonchev–Trinajstić information content (AvgIpc) is 3.37. The Morgan fingerprint density at radius 1 is 1.34 bits per heavy atom. The Hall–Kier alpha value is -1.08. The third-order valence-corrected chi connectivity index (χ3v) is 6.75. The van der Waals surface area contributed by atoms with E-state index in [4.69, 9.17) is 4.74 Å². The van der Waals surface area contributed by atoms with Gasteiger partial charge in [0.2, 0.25) is 5.60 Å². The fraction of sp³-hybridized carbons (Fsp3) is 0.810. The van der Waals surface area contributed by atoms with E-state index in [0.717, 1.165) is 32.1 Å². The van der Waals surface area contributed by atoms with Gasteiger partial charge in [-0.25, -0.2) is 4.98 Å². The van der Waals surface area contributed by atoms with E-state index in [2.05, 4.69) is 20.6 Å². The highest BCUT2D eigenvalue weighted by Gasteiger charge is 2.58. The summed E-state index contributed by atoms with van der Waals surface area (Å²) < 4.78 is 48.3. The fourth-order valence-corrected chi connectivity index (χ4v) is 5.05. The second-order valence-corrected chi connectivity index (χ2v) is 8.55. The van der Waals surface area contributed by atoms with Gasteiger partial charge in [0.1, 0.15) is 5.82 Å². The van der Waals surface area contributed by atoms with Crippen LogP contribution in [-0.4, -0.2) is 58.6 Å². The molecule has 1 aromatic rings. The molecular weight excluding hydrogens is 538 g/mol. The molecule has 3 atom stereocenters. The summed E-state index contributed by atoms with van der Waals surface area (Å²) in [7, 11) is 1.43. The molecule has 7 nitrogen and oxygen atoms in total. The molecule has 184 valence electrons. The van der Waals surface area contributed by atoms with E-state index in [9.17, 15) is 18.3 Å². The molecule has 0 aliphatic heterocycles. The Labute approximate surface area is 204 Å². The fourth-order valence-electron chi connectivity index (χ4n) is 5.05. The third kappa shape index (κ3) is 5.19. The molecule has 0 saturated heterocycles. The van der Waals surface area contributed by atoms with Gasteiger partial charge in [-0.1, -0.05) is 12.8 Å². The highest BCUT2D eigenvalue weighted by Crippen LogP contribution is 2.54. The zero-order valence-corrected chi connectivity index (χ0v) is 21.2. The Kier molecular flexibility index (Phi) is 9.25. The molecule has 0 amide bonds. The number of hydrogen-bond donors (Lipinski definition) is 3. The van der Waals surface area contributed by atoms with Crippen LogP contribution < -0.4 is 10.6 Å². The number of imidazole rings is 1. The van der Waals surface area contributed by atoms with Crippen LogP contribution in [-0.2, 0) is 17.4 Å². The van der Waals surface area contributed by atoms with Crippen molar-refractivity contribution in [3.8, 4) is 0 Å². The molecule has 1 aromatic heterocycles. The summed E-state index contributed by atoms with van der Waals surface area (Å²) in [5.74, 6) is 0.0368. The van der Waals surface area contributed by atoms with Crippen molar-refractivity contribution in [2.24, 2.45) is 17.5 Å². The lowest BCUT2D eigenvalue weighted by Crippen LogP contribution is -2.65. The summed E-state index contributed by atoms with van der Waals surface area (Å²) in [5.41, 5.74) is -2.98. The molecule has 0 aromatic carbocycles. The molecular formula is C21H35F3IN5O2.